The lowest BCUT2D eigenvalue weighted by Crippen LogP contribution is -2.25. The number of rotatable bonds is 9. The Balaban J connectivity index is 1.30. The van der Waals surface area contributed by atoms with Crippen LogP contribution in [0.25, 0.3) is 6.08 Å². The maximum Gasteiger partial charge on any atom is 0.416 e. The minimum atomic E-state index is -4.25. The van der Waals surface area contributed by atoms with Crippen molar-refractivity contribution in [1.82, 2.24) is 0 Å². The van der Waals surface area contributed by atoms with Crippen LogP contribution in [0.2, 0.25) is 0 Å². The number of alkyl halides is 3. The third-order valence-corrected chi connectivity index (χ3v) is 7.96. The van der Waals surface area contributed by atoms with Gasteiger partial charge in [-0.1, -0.05) is 82.6 Å². The van der Waals surface area contributed by atoms with E-state index in [4.69, 9.17) is 0 Å². The molecule has 3 rings (SSSR count). The van der Waals surface area contributed by atoms with Gasteiger partial charge in [0.1, 0.15) is 0 Å². The molecular formula is C28H41F3. The SMILES string of the molecule is CCCCCC1CCC(C2CCC(CCC=Cc3ccc(C(F)(F)F)cc3)CC2)CC1. The van der Waals surface area contributed by atoms with Crippen molar-refractivity contribution in [1.29, 1.82) is 0 Å². The van der Waals surface area contributed by atoms with Gasteiger partial charge in [-0.05, 0) is 79.9 Å². The van der Waals surface area contributed by atoms with Crippen molar-refractivity contribution in [2.75, 3.05) is 0 Å². The summed E-state index contributed by atoms with van der Waals surface area (Å²) in [5.41, 5.74) is 0.272. The van der Waals surface area contributed by atoms with Gasteiger partial charge in [0.25, 0.3) is 0 Å². The van der Waals surface area contributed by atoms with Crippen molar-refractivity contribution in [2.45, 2.75) is 103 Å². The second-order valence-electron chi connectivity index (χ2n) is 10.2. The van der Waals surface area contributed by atoms with Crippen LogP contribution in [-0.4, -0.2) is 0 Å². The minimum Gasteiger partial charge on any atom is -0.166 e. The summed E-state index contributed by atoms with van der Waals surface area (Å²) in [6, 6.07) is 5.45. The summed E-state index contributed by atoms with van der Waals surface area (Å²) in [5, 5.41) is 0. The number of hydrogen-bond acceptors (Lipinski definition) is 0. The maximum absolute atomic E-state index is 12.6. The summed E-state index contributed by atoms with van der Waals surface area (Å²) in [7, 11) is 0. The number of benzene rings is 1. The third kappa shape index (κ3) is 7.99. The molecule has 0 N–H and O–H groups in total. The fraction of sp³-hybridized carbons (Fsp3) is 0.714. The normalized spacial score (nSPS) is 27.6. The number of hydrogen-bond donors (Lipinski definition) is 0. The van der Waals surface area contributed by atoms with E-state index in [1.54, 1.807) is 12.1 Å². The van der Waals surface area contributed by atoms with Crippen molar-refractivity contribution in [2.24, 2.45) is 23.7 Å². The van der Waals surface area contributed by atoms with Crippen LogP contribution >= 0.6 is 0 Å². The van der Waals surface area contributed by atoms with Gasteiger partial charge in [0.15, 0.2) is 0 Å². The van der Waals surface area contributed by atoms with Gasteiger partial charge in [-0.15, -0.1) is 0 Å². The van der Waals surface area contributed by atoms with Crippen LogP contribution in [0.5, 0.6) is 0 Å². The Morgan fingerprint density at radius 3 is 1.84 bits per heavy atom. The highest BCUT2D eigenvalue weighted by atomic mass is 19.4. The molecule has 0 nitrogen and oxygen atoms in total. The van der Waals surface area contributed by atoms with Gasteiger partial charge in [0.2, 0.25) is 0 Å². The second kappa shape index (κ2) is 12.1. The van der Waals surface area contributed by atoms with Crippen LogP contribution < -0.4 is 0 Å². The minimum absolute atomic E-state index is 0.577. The molecule has 1 aromatic carbocycles. The smallest absolute Gasteiger partial charge is 0.166 e. The summed E-state index contributed by atoms with van der Waals surface area (Å²) in [6.07, 6.45) is 19.2. The van der Waals surface area contributed by atoms with Crippen LogP contribution in [-0.2, 0) is 6.18 Å². The lowest BCUT2D eigenvalue weighted by molar-refractivity contribution is -0.137. The molecule has 0 saturated heterocycles. The third-order valence-electron chi connectivity index (χ3n) is 7.96. The van der Waals surface area contributed by atoms with Gasteiger partial charge in [-0.3, -0.25) is 0 Å². The molecule has 0 aliphatic heterocycles. The molecule has 3 heteroatoms. The average Bonchev–Trinajstić information content (AvgIpc) is 2.78. The molecule has 0 spiro atoms. The van der Waals surface area contributed by atoms with Crippen LogP contribution in [0.1, 0.15) is 108 Å². The van der Waals surface area contributed by atoms with E-state index in [9.17, 15) is 13.2 Å². The monoisotopic (exact) mass is 434 g/mol. The molecule has 174 valence electrons. The summed E-state index contributed by atoms with van der Waals surface area (Å²) < 4.78 is 37.9. The predicted octanol–water partition coefficient (Wildman–Crippen LogP) is 9.69. The fourth-order valence-corrected chi connectivity index (χ4v) is 5.91. The number of unbranched alkanes of at least 4 members (excludes halogenated alkanes) is 2. The molecule has 0 atom stereocenters. The van der Waals surface area contributed by atoms with Gasteiger partial charge in [0.05, 0.1) is 5.56 Å². The molecule has 2 aliphatic carbocycles. The summed E-state index contributed by atoms with van der Waals surface area (Å²) >= 11 is 0. The van der Waals surface area contributed by atoms with Crippen molar-refractivity contribution in [3.8, 4) is 0 Å². The predicted molar refractivity (Wildman–Crippen MR) is 125 cm³/mol. The zero-order valence-corrected chi connectivity index (χ0v) is 19.3. The highest BCUT2D eigenvalue weighted by Crippen LogP contribution is 2.43. The van der Waals surface area contributed by atoms with Gasteiger partial charge in [-0.25, -0.2) is 0 Å². The number of halogens is 3. The standard InChI is InChI=1S/C28H41F3/c1-2-3-4-7-22-10-16-25(17-11-22)26-18-12-23(13-19-26)8-5-6-9-24-14-20-27(21-15-24)28(29,30)31/h6,9,14-15,20-23,25-26H,2-5,7-8,10-13,16-19H2,1H3. The van der Waals surface area contributed by atoms with Crippen LogP contribution in [0.3, 0.4) is 0 Å². The van der Waals surface area contributed by atoms with E-state index in [2.05, 4.69) is 13.0 Å². The van der Waals surface area contributed by atoms with Crippen LogP contribution in [0.15, 0.2) is 30.3 Å². The van der Waals surface area contributed by atoms with Crippen molar-refractivity contribution < 1.29 is 13.2 Å². The lowest BCUT2D eigenvalue weighted by atomic mass is 9.68. The average molecular weight is 435 g/mol. The summed E-state index contributed by atoms with van der Waals surface area (Å²) in [6.45, 7) is 2.29. The molecule has 2 aliphatic rings. The molecule has 0 unspecified atom stereocenters. The first kappa shape index (κ1) is 24.4. The molecule has 0 amide bonds. The molecule has 0 aromatic heterocycles. The second-order valence-corrected chi connectivity index (χ2v) is 10.2. The molecule has 0 radical (unpaired) electrons. The highest BCUT2D eigenvalue weighted by Gasteiger charge is 2.31. The Morgan fingerprint density at radius 1 is 0.774 bits per heavy atom. The van der Waals surface area contributed by atoms with Crippen molar-refractivity contribution in [3.63, 3.8) is 0 Å². The summed E-state index contributed by atoms with van der Waals surface area (Å²) in [4.78, 5) is 0. The van der Waals surface area contributed by atoms with Crippen LogP contribution in [0.4, 0.5) is 13.2 Å². The molecule has 2 saturated carbocycles. The van der Waals surface area contributed by atoms with Gasteiger partial charge in [-0.2, -0.15) is 13.2 Å². The van der Waals surface area contributed by atoms with E-state index >= 15 is 0 Å². The molecule has 1 aromatic rings. The fourth-order valence-electron chi connectivity index (χ4n) is 5.91. The molecular weight excluding hydrogens is 393 g/mol. The molecule has 31 heavy (non-hydrogen) atoms. The Hall–Kier alpha value is -1.25. The van der Waals surface area contributed by atoms with E-state index in [-0.39, 0.29) is 0 Å². The van der Waals surface area contributed by atoms with Gasteiger partial charge >= 0.3 is 6.18 Å². The molecule has 0 bridgehead atoms. The van der Waals surface area contributed by atoms with Gasteiger partial charge < -0.3 is 0 Å². The summed E-state index contributed by atoms with van der Waals surface area (Å²) in [5.74, 6) is 3.80. The zero-order chi connectivity index (χ0) is 22.1. The largest absolute Gasteiger partial charge is 0.416 e. The maximum atomic E-state index is 12.6. The Morgan fingerprint density at radius 2 is 1.32 bits per heavy atom. The first-order chi connectivity index (χ1) is 15.0. The molecule has 2 fully saturated rings. The van der Waals surface area contributed by atoms with Gasteiger partial charge in [0, 0.05) is 0 Å². The Bertz CT molecular complexity index is 642. The van der Waals surface area contributed by atoms with E-state index in [0.717, 1.165) is 35.7 Å². The van der Waals surface area contributed by atoms with E-state index in [0.29, 0.717) is 0 Å². The number of allylic oxidation sites excluding steroid dienone is 1. The first-order valence-corrected chi connectivity index (χ1v) is 12.8. The highest BCUT2D eigenvalue weighted by molar-refractivity contribution is 5.49. The van der Waals surface area contributed by atoms with E-state index in [1.165, 1.54) is 95.6 Å². The quantitative estimate of drug-likeness (QED) is 0.339. The topological polar surface area (TPSA) is 0 Å². The zero-order valence-electron chi connectivity index (χ0n) is 19.3. The first-order valence-electron chi connectivity index (χ1n) is 12.8. The Kier molecular flexibility index (Phi) is 9.53. The molecule has 0 heterocycles. The van der Waals surface area contributed by atoms with Crippen molar-refractivity contribution >= 4 is 6.08 Å². The lowest BCUT2D eigenvalue weighted by Gasteiger charge is -2.38. The van der Waals surface area contributed by atoms with Crippen molar-refractivity contribution in [3.05, 3.63) is 41.5 Å². The van der Waals surface area contributed by atoms with E-state index in [1.807, 2.05) is 6.08 Å². The van der Waals surface area contributed by atoms with Crippen LogP contribution in [0, 0.1) is 23.7 Å². The Labute approximate surface area is 187 Å². The van der Waals surface area contributed by atoms with E-state index < -0.39 is 11.7 Å².